The predicted octanol–water partition coefficient (Wildman–Crippen LogP) is 7.91. The average Bonchev–Trinajstić information content (AvgIpc) is 2.53. The van der Waals surface area contributed by atoms with Gasteiger partial charge < -0.3 is 5.11 Å². The van der Waals surface area contributed by atoms with Crippen molar-refractivity contribution in [3.05, 3.63) is 0 Å². The van der Waals surface area contributed by atoms with Gasteiger partial charge in [-0.05, 0) is 12.3 Å². The third kappa shape index (κ3) is 20.4. The predicted molar refractivity (Wildman–Crippen MR) is 113 cm³/mol. The Labute approximate surface area is 158 Å². The molecular formula is C22H46OS. The van der Waals surface area contributed by atoms with Gasteiger partial charge in [-0.25, -0.2) is 0 Å². The van der Waals surface area contributed by atoms with E-state index in [1.807, 2.05) is 0 Å². The Hall–Kier alpha value is 0.310. The molecule has 0 saturated carbocycles. The minimum absolute atomic E-state index is 0.430. The van der Waals surface area contributed by atoms with E-state index in [2.05, 4.69) is 26.5 Å². The molecule has 2 atom stereocenters. The third-order valence-corrected chi connectivity index (χ3v) is 5.37. The van der Waals surface area contributed by atoms with Crippen LogP contribution >= 0.6 is 12.6 Å². The zero-order chi connectivity index (χ0) is 17.9. The van der Waals surface area contributed by atoms with Gasteiger partial charge in [0.25, 0.3) is 0 Å². The van der Waals surface area contributed by atoms with E-state index in [9.17, 15) is 5.11 Å². The lowest BCUT2D eigenvalue weighted by atomic mass is 9.99. The van der Waals surface area contributed by atoms with Crippen LogP contribution in [-0.4, -0.2) is 10.5 Å². The molecule has 0 fully saturated rings. The fourth-order valence-corrected chi connectivity index (χ4v) is 3.88. The van der Waals surface area contributed by atoms with E-state index in [-0.39, 0.29) is 0 Å². The number of thiol groups is 1. The smallest absolute Gasteiger partial charge is 0.0967 e. The largest absolute Gasteiger partial charge is 0.383 e. The minimum Gasteiger partial charge on any atom is -0.383 e. The Balaban J connectivity index is 3.05. The van der Waals surface area contributed by atoms with Crippen molar-refractivity contribution in [1.82, 2.24) is 0 Å². The van der Waals surface area contributed by atoms with E-state index in [4.69, 9.17) is 0 Å². The molecule has 0 radical (unpaired) electrons. The molecule has 0 bridgehead atoms. The van der Waals surface area contributed by atoms with E-state index in [0.717, 1.165) is 6.42 Å². The summed E-state index contributed by atoms with van der Waals surface area (Å²) >= 11 is 4.05. The number of hydrogen-bond donors (Lipinski definition) is 2. The monoisotopic (exact) mass is 358 g/mol. The minimum atomic E-state index is -0.430. The van der Waals surface area contributed by atoms with Crippen LogP contribution in [0.3, 0.4) is 0 Å². The van der Waals surface area contributed by atoms with Crippen molar-refractivity contribution in [1.29, 1.82) is 0 Å². The van der Waals surface area contributed by atoms with Crippen LogP contribution in [-0.2, 0) is 0 Å². The highest BCUT2D eigenvalue weighted by Crippen LogP contribution is 2.18. The maximum absolute atomic E-state index is 9.22. The van der Waals surface area contributed by atoms with Crippen LogP contribution in [0.25, 0.3) is 0 Å². The number of aliphatic hydroxyl groups is 1. The first kappa shape index (κ1) is 24.3. The maximum atomic E-state index is 9.22. The van der Waals surface area contributed by atoms with Crippen molar-refractivity contribution < 1.29 is 5.11 Å². The first-order chi connectivity index (χ1) is 11.7. The van der Waals surface area contributed by atoms with E-state index in [0.29, 0.717) is 5.92 Å². The summed E-state index contributed by atoms with van der Waals surface area (Å²) in [7, 11) is 0. The lowest BCUT2D eigenvalue weighted by Gasteiger charge is -2.12. The molecule has 2 unspecified atom stereocenters. The Bertz CT molecular complexity index is 230. The standard InChI is InChI=1S/C22H46OS/c1-3-4-5-6-7-8-9-10-11-12-13-14-15-16-17-18-19-21(2)20-22(23)24/h21-24H,3-20H2,1-2H3. The summed E-state index contributed by atoms with van der Waals surface area (Å²) < 4.78 is 0. The highest BCUT2D eigenvalue weighted by Gasteiger charge is 2.05. The van der Waals surface area contributed by atoms with Gasteiger partial charge in [-0.1, -0.05) is 123 Å². The summed E-state index contributed by atoms with van der Waals surface area (Å²) in [4.78, 5) is 0. The molecule has 2 heteroatoms. The van der Waals surface area contributed by atoms with Gasteiger partial charge in [0.1, 0.15) is 0 Å². The van der Waals surface area contributed by atoms with Gasteiger partial charge in [0.2, 0.25) is 0 Å². The van der Waals surface area contributed by atoms with Crippen LogP contribution in [0.15, 0.2) is 0 Å². The summed E-state index contributed by atoms with van der Waals surface area (Å²) in [6.07, 6.45) is 24.9. The second kappa shape index (κ2) is 19.6. The Morgan fingerprint density at radius 1 is 0.625 bits per heavy atom. The molecule has 0 spiro atoms. The first-order valence-corrected chi connectivity index (χ1v) is 11.5. The molecule has 0 aromatic carbocycles. The van der Waals surface area contributed by atoms with Crippen molar-refractivity contribution in [2.75, 3.05) is 0 Å². The van der Waals surface area contributed by atoms with Gasteiger partial charge in [-0.3, -0.25) is 0 Å². The lowest BCUT2D eigenvalue weighted by molar-refractivity contribution is 0.226. The molecule has 0 aromatic rings. The first-order valence-electron chi connectivity index (χ1n) is 11.0. The topological polar surface area (TPSA) is 20.2 Å². The molecule has 146 valence electrons. The van der Waals surface area contributed by atoms with Crippen molar-refractivity contribution >= 4 is 12.6 Å². The third-order valence-electron chi connectivity index (χ3n) is 5.16. The molecule has 0 aliphatic heterocycles. The summed E-state index contributed by atoms with van der Waals surface area (Å²) in [5.41, 5.74) is -0.430. The molecule has 0 amide bonds. The van der Waals surface area contributed by atoms with Gasteiger partial charge in [-0.15, -0.1) is 12.6 Å². The average molecular weight is 359 g/mol. The van der Waals surface area contributed by atoms with E-state index < -0.39 is 5.44 Å². The van der Waals surface area contributed by atoms with Crippen molar-refractivity contribution in [3.63, 3.8) is 0 Å². The van der Waals surface area contributed by atoms with Crippen LogP contribution in [0.4, 0.5) is 0 Å². The Morgan fingerprint density at radius 2 is 0.958 bits per heavy atom. The number of hydrogen-bond acceptors (Lipinski definition) is 2. The zero-order valence-corrected chi connectivity index (χ0v) is 17.7. The van der Waals surface area contributed by atoms with Crippen LogP contribution in [0.2, 0.25) is 0 Å². The molecule has 0 rings (SSSR count). The number of unbranched alkanes of at least 4 members (excludes halogenated alkanes) is 15. The van der Waals surface area contributed by atoms with E-state index in [1.54, 1.807) is 0 Å². The fourth-order valence-electron chi connectivity index (χ4n) is 3.52. The van der Waals surface area contributed by atoms with Gasteiger partial charge in [-0.2, -0.15) is 0 Å². The lowest BCUT2D eigenvalue weighted by Crippen LogP contribution is -2.04. The van der Waals surface area contributed by atoms with Gasteiger partial charge in [0, 0.05) is 0 Å². The van der Waals surface area contributed by atoms with E-state index >= 15 is 0 Å². The van der Waals surface area contributed by atoms with Crippen LogP contribution in [0.5, 0.6) is 0 Å². The maximum Gasteiger partial charge on any atom is 0.0967 e. The molecule has 0 aliphatic rings. The molecular weight excluding hydrogens is 312 g/mol. The number of aliphatic hydroxyl groups excluding tert-OH is 1. The highest BCUT2D eigenvalue weighted by molar-refractivity contribution is 7.80. The zero-order valence-electron chi connectivity index (χ0n) is 16.8. The highest BCUT2D eigenvalue weighted by atomic mass is 32.1. The van der Waals surface area contributed by atoms with Crippen molar-refractivity contribution in [2.24, 2.45) is 5.92 Å². The molecule has 24 heavy (non-hydrogen) atoms. The summed E-state index contributed by atoms with van der Waals surface area (Å²) in [5.74, 6) is 0.615. The molecule has 1 N–H and O–H groups in total. The van der Waals surface area contributed by atoms with Gasteiger partial charge >= 0.3 is 0 Å². The Kier molecular flexibility index (Phi) is 19.9. The molecule has 0 heterocycles. The second-order valence-corrected chi connectivity index (χ2v) is 8.51. The van der Waals surface area contributed by atoms with Gasteiger partial charge in [0.15, 0.2) is 0 Å². The summed E-state index contributed by atoms with van der Waals surface area (Å²) in [6.45, 7) is 4.52. The summed E-state index contributed by atoms with van der Waals surface area (Å²) in [5, 5.41) is 9.22. The quantitative estimate of drug-likeness (QED) is 0.136. The SMILES string of the molecule is CCCCCCCCCCCCCCCCCCC(C)CC(O)S. The van der Waals surface area contributed by atoms with Gasteiger partial charge in [0.05, 0.1) is 5.44 Å². The molecule has 0 saturated heterocycles. The number of rotatable bonds is 19. The molecule has 0 aromatic heterocycles. The summed E-state index contributed by atoms with van der Waals surface area (Å²) in [6, 6.07) is 0. The second-order valence-electron chi connectivity index (χ2n) is 7.91. The molecule has 1 nitrogen and oxygen atoms in total. The van der Waals surface area contributed by atoms with Crippen molar-refractivity contribution in [2.45, 2.75) is 135 Å². The van der Waals surface area contributed by atoms with Crippen molar-refractivity contribution in [3.8, 4) is 0 Å². The Morgan fingerprint density at radius 3 is 1.29 bits per heavy atom. The van der Waals surface area contributed by atoms with E-state index in [1.165, 1.54) is 109 Å². The van der Waals surface area contributed by atoms with Crippen LogP contribution in [0, 0.1) is 5.92 Å². The normalized spacial score (nSPS) is 14.0. The fraction of sp³-hybridized carbons (Fsp3) is 1.00. The van der Waals surface area contributed by atoms with Crippen LogP contribution < -0.4 is 0 Å². The van der Waals surface area contributed by atoms with Crippen LogP contribution in [0.1, 0.15) is 129 Å². The molecule has 0 aliphatic carbocycles.